The van der Waals surface area contributed by atoms with Crippen LogP contribution in [0.5, 0.6) is 11.5 Å². The van der Waals surface area contributed by atoms with E-state index in [1.54, 1.807) is 18.2 Å². The number of hydrogen-bond acceptors (Lipinski definition) is 3. The third kappa shape index (κ3) is 6.34. The van der Waals surface area contributed by atoms with Gasteiger partial charge in [-0.2, -0.15) is 0 Å². The number of hydrogen-bond donors (Lipinski definition) is 1. The second-order valence-electron chi connectivity index (χ2n) is 6.34. The molecule has 3 rings (SSSR count). The Kier molecular flexibility index (Phi) is 8.13. The van der Waals surface area contributed by atoms with Gasteiger partial charge in [-0.3, -0.25) is 0 Å². The maximum Gasteiger partial charge on any atom is 0.573 e. The van der Waals surface area contributed by atoms with Gasteiger partial charge in [0.05, 0.1) is 6.61 Å². The quantitative estimate of drug-likeness (QED) is 0.568. The van der Waals surface area contributed by atoms with Crippen LogP contribution in [-0.4, -0.2) is 26.1 Å². The Balaban J connectivity index is 0.00000280. The van der Waals surface area contributed by atoms with Gasteiger partial charge in [-0.15, -0.1) is 25.6 Å². The van der Waals surface area contributed by atoms with Crippen molar-refractivity contribution >= 4 is 35.6 Å². The maximum atomic E-state index is 12.7. The van der Waals surface area contributed by atoms with E-state index in [1.807, 2.05) is 0 Å². The van der Waals surface area contributed by atoms with Crippen molar-refractivity contribution in [2.45, 2.75) is 19.2 Å². The molecule has 3 nitrogen and oxygen atoms in total. The molecule has 1 fully saturated rings. The molecule has 154 valence electrons. The number of alkyl halides is 3. The molecule has 28 heavy (non-hydrogen) atoms. The van der Waals surface area contributed by atoms with Crippen LogP contribution >= 0.6 is 35.6 Å². The number of halogens is 6. The molecule has 2 aromatic carbocycles. The first-order valence-electron chi connectivity index (χ1n) is 8.50. The van der Waals surface area contributed by atoms with Gasteiger partial charge in [0.2, 0.25) is 0 Å². The molecule has 0 spiro atoms. The number of nitrogens with one attached hydrogen (secondary N) is 1. The first-order valence-corrected chi connectivity index (χ1v) is 9.26. The van der Waals surface area contributed by atoms with Crippen molar-refractivity contribution in [3.8, 4) is 22.6 Å². The molecule has 1 saturated heterocycles. The molecule has 0 radical (unpaired) electrons. The van der Waals surface area contributed by atoms with Crippen molar-refractivity contribution in [2.24, 2.45) is 5.92 Å². The van der Waals surface area contributed by atoms with Crippen LogP contribution in [0.15, 0.2) is 36.4 Å². The second kappa shape index (κ2) is 9.92. The van der Waals surface area contributed by atoms with Crippen molar-refractivity contribution in [3.63, 3.8) is 0 Å². The van der Waals surface area contributed by atoms with Gasteiger partial charge in [0, 0.05) is 15.6 Å². The van der Waals surface area contributed by atoms with Gasteiger partial charge in [-0.05, 0) is 67.7 Å². The van der Waals surface area contributed by atoms with E-state index in [0.29, 0.717) is 27.8 Å². The Morgan fingerprint density at radius 1 is 1.00 bits per heavy atom. The summed E-state index contributed by atoms with van der Waals surface area (Å²) in [5.41, 5.74) is 1.20. The average molecular weight is 457 g/mol. The lowest BCUT2D eigenvalue weighted by Crippen LogP contribution is -2.30. The molecule has 0 aliphatic carbocycles. The Labute approximate surface area is 177 Å². The molecule has 0 unspecified atom stereocenters. The second-order valence-corrected chi connectivity index (χ2v) is 7.18. The fourth-order valence-electron chi connectivity index (χ4n) is 2.97. The molecule has 0 saturated carbocycles. The summed E-state index contributed by atoms with van der Waals surface area (Å²) in [6.07, 6.45) is -2.98. The maximum absolute atomic E-state index is 12.7. The normalized spacial score (nSPS) is 15.0. The molecule has 0 amide bonds. The van der Waals surface area contributed by atoms with Crippen LogP contribution in [0.25, 0.3) is 11.1 Å². The highest BCUT2D eigenvalue weighted by Crippen LogP contribution is 2.39. The molecule has 0 atom stereocenters. The summed E-state index contributed by atoms with van der Waals surface area (Å²) < 4.78 is 48.0. The Morgan fingerprint density at radius 2 is 1.71 bits per heavy atom. The van der Waals surface area contributed by atoms with Crippen LogP contribution in [0.3, 0.4) is 0 Å². The van der Waals surface area contributed by atoms with Crippen molar-refractivity contribution in [1.82, 2.24) is 5.32 Å². The smallest absolute Gasteiger partial charge is 0.489 e. The monoisotopic (exact) mass is 455 g/mol. The van der Waals surface area contributed by atoms with Gasteiger partial charge in [-0.1, -0.05) is 29.3 Å². The summed E-state index contributed by atoms with van der Waals surface area (Å²) in [6, 6.07) is 9.16. The third-order valence-corrected chi connectivity index (χ3v) is 4.91. The summed E-state index contributed by atoms with van der Waals surface area (Å²) in [7, 11) is 0. The van der Waals surface area contributed by atoms with Crippen LogP contribution in [0.2, 0.25) is 10.0 Å². The summed E-state index contributed by atoms with van der Waals surface area (Å²) in [5, 5.41) is 4.15. The summed E-state index contributed by atoms with van der Waals surface area (Å²) >= 11 is 12.2. The van der Waals surface area contributed by atoms with E-state index < -0.39 is 6.36 Å². The first kappa shape index (κ1) is 22.9. The van der Waals surface area contributed by atoms with Gasteiger partial charge >= 0.3 is 6.36 Å². The minimum Gasteiger partial charge on any atom is -0.489 e. The molecular formula is C19H19Cl3F3NO2. The van der Waals surface area contributed by atoms with E-state index in [-0.39, 0.29) is 29.8 Å². The van der Waals surface area contributed by atoms with E-state index in [1.165, 1.54) is 18.2 Å². The number of ether oxygens (including phenoxy) is 2. The molecular weight excluding hydrogens is 438 g/mol. The number of piperidine rings is 1. The molecule has 1 heterocycles. The summed E-state index contributed by atoms with van der Waals surface area (Å²) in [6.45, 7) is 2.07. The van der Waals surface area contributed by atoms with Crippen LogP contribution in [0.1, 0.15) is 12.8 Å². The predicted molar refractivity (Wildman–Crippen MR) is 107 cm³/mol. The lowest BCUT2D eigenvalue weighted by atomic mass is 9.99. The average Bonchev–Trinajstić information content (AvgIpc) is 2.62. The van der Waals surface area contributed by atoms with Crippen molar-refractivity contribution < 1.29 is 22.6 Å². The van der Waals surface area contributed by atoms with Gasteiger partial charge in [-0.25, -0.2) is 0 Å². The highest BCUT2D eigenvalue weighted by atomic mass is 35.5. The van der Waals surface area contributed by atoms with E-state index in [0.717, 1.165) is 25.9 Å². The van der Waals surface area contributed by atoms with E-state index >= 15 is 0 Å². The lowest BCUT2D eigenvalue weighted by molar-refractivity contribution is -0.275. The Hall–Kier alpha value is -1.34. The Bertz CT molecular complexity index is 796. The van der Waals surface area contributed by atoms with Gasteiger partial charge in [0.15, 0.2) is 11.5 Å². The minimum absolute atomic E-state index is 0. The zero-order chi connectivity index (χ0) is 19.4. The molecule has 2 aromatic rings. The van der Waals surface area contributed by atoms with Gasteiger partial charge in [0.1, 0.15) is 0 Å². The van der Waals surface area contributed by atoms with E-state index in [4.69, 9.17) is 27.9 Å². The molecule has 1 aliphatic heterocycles. The minimum atomic E-state index is -4.80. The van der Waals surface area contributed by atoms with Crippen molar-refractivity contribution in [1.29, 1.82) is 0 Å². The van der Waals surface area contributed by atoms with Crippen LogP contribution in [-0.2, 0) is 0 Å². The highest BCUT2D eigenvalue weighted by molar-refractivity contribution is 6.35. The lowest BCUT2D eigenvalue weighted by Gasteiger charge is -2.23. The SMILES string of the molecule is Cl.FC(F)(F)Oc1ccc(-c2cc(Cl)ccc2Cl)cc1OCC1CCNCC1. The molecule has 1 N–H and O–H groups in total. The van der Waals surface area contributed by atoms with Crippen LogP contribution in [0.4, 0.5) is 13.2 Å². The molecule has 0 aromatic heterocycles. The van der Waals surface area contributed by atoms with Crippen molar-refractivity contribution in [3.05, 3.63) is 46.4 Å². The standard InChI is InChI=1S/C19H18Cl2F3NO2.ClH/c20-14-2-3-16(21)15(10-14)13-1-4-17(27-19(22,23)24)18(9-13)26-11-12-5-7-25-8-6-12;/h1-4,9-10,12,25H,5-8,11H2;1H. The van der Waals surface area contributed by atoms with E-state index in [2.05, 4.69) is 10.1 Å². The fraction of sp³-hybridized carbons (Fsp3) is 0.368. The molecule has 1 aliphatic rings. The predicted octanol–water partition coefficient (Wildman–Crippen LogP) is 6.36. The fourth-order valence-corrected chi connectivity index (χ4v) is 3.37. The number of benzene rings is 2. The molecule has 9 heteroatoms. The zero-order valence-electron chi connectivity index (χ0n) is 14.7. The van der Waals surface area contributed by atoms with Gasteiger partial charge < -0.3 is 14.8 Å². The topological polar surface area (TPSA) is 30.5 Å². The van der Waals surface area contributed by atoms with Crippen LogP contribution in [0, 0.1) is 5.92 Å². The first-order chi connectivity index (χ1) is 12.8. The van der Waals surface area contributed by atoms with Gasteiger partial charge in [0.25, 0.3) is 0 Å². The Morgan fingerprint density at radius 3 is 2.39 bits per heavy atom. The zero-order valence-corrected chi connectivity index (χ0v) is 17.0. The summed E-state index contributed by atoms with van der Waals surface area (Å²) in [5.74, 6) is -0.0684. The van der Waals surface area contributed by atoms with Crippen molar-refractivity contribution in [2.75, 3.05) is 19.7 Å². The molecule has 0 bridgehead atoms. The van der Waals surface area contributed by atoms with E-state index in [9.17, 15) is 13.2 Å². The third-order valence-electron chi connectivity index (χ3n) is 4.34. The highest BCUT2D eigenvalue weighted by Gasteiger charge is 2.32. The number of rotatable bonds is 5. The van der Waals surface area contributed by atoms with Crippen LogP contribution < -0.4 is 14.8 Å². The summed E-state index contributed by atoms with van der Waals surface area (Å²) in [4.78, 5) is 0. The largest absolute Gasteiger partial charge is 0.573 e.